The number of pyridine rings is 1. The SMILES string of the molecule is CN(C(=O)c1cccnc1SC(F)F)c1ccccc1. The molecule has 0 atom stereocenters. The van der Waals surface area contributed by atoms with Crippen LogP contribution in [0.1, 0.15) is 10.4 Å². The van der Waals surface area contributed by atoms with Crippen LogP contribution >= 0.6 is 11.8 Å². The van der Waals surface area contributed by atoms with Gasteiger partial charge in [0, 0.05) is 18.9 Å². The van der Waals surface area contributed by atoms with Crippen LogP contribution in [0.15, 0.2) is 53.7 Å². The van der Waals surface area contributed by atoms with Gasteiger partial charge in [0.15, 0.2) is 0 Å². The van der Waals surface area contributed by atoms with E-state index in [1.165, 1.54) is 17.2 Å². The summed E-state index contributed by atoms with van der Waals surface area (Å²) in [6.07, 6.45) is 1.39. The van der Waals surface area contributed by atoms with Crippen molar-refractivity contribution in [2.24, 2.45) is 0 Å². The summed E-state index contributed by atoms with van der Waals surface area (Å²) in [5, 5.41) is 0.0373. The van der Waals surface area contributed by atoms with Gasteiger partial charge in [-0.1, -0.05) is 18.2 Å². The zero-order valence-corrected chi connectivity index (χ0v) is 11.5. The summed E-state index contributed by atoms with van der Waals surface area (Å²) < 4.78 is 25.0. The van der Waals surface area contributed by atoms with E-state index in [1.807, 2.05) is 6.07 Å². The minimum absolute atomic E-state index is 0.0373. The largest absolute Gasteiger partial charge is 0.311 e. The molecule has 0 aliphatic rings. The normalized spacial score (nSPS) is 10.6. The number of alkyl halides is 2. The van der Waals surface area contributed by atoms with Crippen LogP contribution in [-0.4, -0.2) is 23.7 Å². The van der Waals surface area contributed by atoms with E-state index in [0.29, 0.717) is 5.69 Å². The first-order valence-electron chi connectivity index (χ1n) is 5.82. The molecule has 1 aromatic heterocycles. The fourth-order valence-electron chi connectivity index (χ4n) is 1.68. The van der Waals surface area contributed by atoms with Crippen LogP contribution in [-0.2, 0) is 0 Å². The molecule has 0 spiro atoms. The van der Waals surface area contributed by atoms with Crippen LogP contribution in [0.2, 0.25) is 0 Å². The van der Waals surface area contributed by atoms with Crippen molar-refractivity contribution in [2.45, 2.75) is 10.8 Å². The van der Waals surface area contributed by atoms with Crippen molar-refractivity contribution in [3.05, 3.63) is 54.2 Å². The summed E-state index contributed by atoms with van der Waals surface area (Å²) in [4.78, 5) is 17.6. The first-order chi connectivity index (χ1) is 9.59. The van der Waals surface area contributed by atoms with Crippen molar-refractivity contribution in [3.63, 3.8) is 0 Å². The van der Waals surface area contributed by atoms with Crippen molar-refractivity contribution < 1.29 is 13.6 Å². The molecule has 3 nitrogen and oxygen atoms in total. The third kappa shape index (κ3) is 3.33. The number of nitrogens with zero attached hydrogens (tertiary/aromatic N) is 2. The van der Waals surface area contributed by atoms with Crippen molar-refractivity contribution >= 4 is 23.4 Å². The van der Waals surface area contributed by atoms with E-state index < -0.39 is 5.76 Å². The van der Waals surface area contributed by atoms with Crippen LogP contribution < -0.4 is 4.90 Å². The van der Waals surface area contributed by atoms with Crippen molar-refractivity contribution in [2.75, 3.05) is 11.9 Å². The Hall–Kier alpha value is -1.95. The Morgan fingerprint density at radius 3 is 2.55 bits per heavy atom. The van der Waals surface area contributed by atoms with Gasteiger partial charge in [0.1, 0.15) is 5.03 Å². The number of anilines is 1. The van der Waals surface area contributed by atoms with Crippen LogP contribution in [0.4, 0.5) is 14.5 Å². The fraction of sp³-hybridized carbons (Fsp3) is 0.143. The first-order valence-corrected chi connectivity index (χ1v) is 6.70. The number of rotatable bonds is 4. The van der Waals surface area contributed by atoms with Gasteiger partial charge in [-0.2, -0.15) is 8.78 Å². The number of aromatic nitrogens is 1. The Labute approximate surface area is 119 Å². The van der Waals surface area contributed by atoms with E-state index in [0.717, 1.165) is 0 Å². The number of para-hydroxylation sites is 1. The Morgan fingerprint density at radius 2 is 1.90 bits per heavy atom. The molecule has 0 radical (unpaired) electrons. The quantitative estimate of drug-likeness (QED) is 0.807. The topological polar surface area (TPSA) is 33.2 Å². The second-order valence-electron chi connectivity index (χ2n) is 3.93. The number of thioether (sulfide) groups is 1. The number of carbonyl (C=O) groups is 1. The van der Waals surface area contributed by atoms with Gasteiger partial charge in [-0.3, -0.25) is 4.79 Å². The maximum atomic E-state index is 12.5. The molecule has 2 aromatic rings. The Bertz CT molecular complexity index is 593. The number of amides is 1. The lowest BCUT2D eigenvalue weighted by Gasteiger charge is -2.18. The number of hydrogen-bond donors (Lipinski definition) is 0. The number of halogens is 2. The zero-order valence-electron chi connectivity index (χ0n) is 10.7. The molecule has 6 heteroatoms. The second-order valence-corrected chi connectivity index (χ2v) is 4.91. The van der Waals surface area contributed by atoms with Crippen molar-refractivity contribution in [1.29, 1.82) is 0 Å². The Balaban J connectivity index is 2.29. The number of hydrogen-bond acceptors (Lipinski definition) is 3. The Kier molecular flexibility index (Phi) is 4.68. The fourth-order valence-corrected chi connectivity index (χ4v) is 2.25. The predicted octanol–water partition coefficient (Wildman–Crippen LogP) is 3.67. The van der Waals surface area contributed by atoms with Gasteiger partial charge in [0.2, 0.25) is 0 Å². The van der Waals surface area contributed by atoms with E-state index in [1.54, 1.807) is 37.4 Å². The Morgan fingerprint density at radius 1 is 1.20 bits per heavy atom. The standard InChI is InChI=1S/C14H12F2N2OS/c1-18(10-6-3-2-4-7-10)13(19)11-8-5-9-17-12(11)20-14(15)16/h2-9,14H,1H3. The lowest BCUT2D eigenvalue weighted by Crippen LogP contribution is -2.26. The maximum absolute atomic E-state index is 12.5. The molecular weight excluding hydrogens is 282 g/mol. The number of benzene rings is 1. The van der Waals surface area contributed by atoms with E-state index in [4.69, 9.17) is 0 Å². The maximum Gasteiger partial charge on any atom is 0.290 e. The van der Waals surface area contributed by atoms with Crippen molar-refractivity contribution in [3.8, 4) is 0 Å². The minimum Gasteiger partial charge on any atom is -0.311 e. The molecular formula is C14H12F2N2OS. The predicted molar refractivity (Wildman–Crippen MR) is 75.3 cm³/mol. The first kappa shape index (κ1) is 14.5. The average molecular weight is 294 g/mol. The monoisotopic (exact) mass is 294 g/mol. The van der Waals surface area contributed by atoms with Crippen LogP contribution in [0.3, 0.4) is 0 Å². The molecule has 1 heterocycles. The van der Waals surface area contributed by atoms with Crippen LogP contribution in [0.5, 0.6) is 0 Å². The molecule has 1 aromatic carbocycles. The highest BCUT2D eigenvalue weighted by molar-refractivity contribution is 7.99. The minimum atomic E-state index is -2.61. The summed E-state index contributed by atoms with van der Waals surface area (Å²) in [5.41, 5.74) is 0.860. The van der Waals surface area contributed by atoms with Crippen molar-refractivity contribution in [1.82, 2.24) is 4.98 Å². The van der Waals surface area contributed by atoms with E-state index in [2.05, 4.69) is 4.98 Å². The van der Waals surface area contributed by atoms with Gasteiger partial charge in [0.25, 0.3) is 11.7 Å². The second kappa shape index (κ2) is 6.47. The van der Waals surface area contributed by atoms with E-state index >= 15 is 0 Å². The van der Waals surface area contributed by atoms with E-state index in [9.17, 15) is 13.6 Å². The summed E-state index contributed by atoms with van der Waals surface area (Å²) in [6, 6.07) is 12.0. The van der Waals surface area contributed by atoms with Gasteiger partial charge in [-0.15, -0.1) is 0 Å². The molecule has 0 saturated heterocycles. The molecule has 104 valence electrons. The summed E-state index contributed by atoms with van der Waals surface area (Å²) >= 11 is 0.274. The molecule has 0 fully saturated rings. The van der Waals surface area contributed by atoms with Gasteiger partial charge in [-0.05, 0) is 36.0 Å². The molecule has 2 rings (SSSR count). The van der Waals surface area contributed by atoms with Gasteiger partial charge >= 0.3 is 0 Å². The molecule has 0 N–H and O–H groups in total. The lowest BCUT2D eigenvalue weighted by atomic mass is 10.2. The third-order valence-corrected chi connectivity index (χ3v) is 3.38. The van der Waals surface area contributed by atoms with Gasteiger partial charge in [0.05, 0.1) is 5.56 Å². The average Bonchev–Trinajstić information content (AvgIpc) is 2.46. The molecule has 0 aliphatic heterocycles. The molecule has 20 heavy (non-hydrogen) atoms. The van der Waals surface area contributed by atoms with Crippen LogP contribution in [0.25, 0.3) is 0 Å². The van der Waals surface area contributed by atoms with E-state index in [-0.39, 0.29) is 28.3 Å². The third-order valence-electron chi connectivity index (χ3n) is 2.65. The highest BCUT2D eigenvalue weighted by atomic mass is 32.2. The van der Waals surface area contributed by atoms with Gasteiger partial charge in [-0.25, -0.2) is 4.98 Å². The molecule has 1 amide bonds. The molecule has 0 aliphatic carbocycles. The zero-order chi connectivity index (χ0) is 14.5. The highest BCUT2D eigenvalue weighted by Crippen LogP contribution is 2.27. The summed E-state index contributed by atoms with van der Waals surface area (Å²) in [5.74, 6) is -2.98. The summed E-state index contributed by atoms with van der Waals surface area (Å²) in [6.45, 7) is 0. The van der Waals surface area contributed by atoms with Gasteiger partial charge < -0.3 is 4.90 Å². The van der Waals surface area contributed by atoms with Crippen LogP contribution in [0, 0.1) is 0 Å². The smallest absolute Gasteiger partial charge is 0.290 e. The molecule has 0 saturated carbocycles. The molecule has 0 bridgehead atoms. The number of carbonyl (C=O) groups excluding carboxylic acids is 1. The lowest BCUT2D eigenvalue weighted by molar-refractivity contribution is 0.0989. The highest BCUT2D eigenvalue weighted by Gasteiger charge is 2.20. The molecule has 0 unspecified atom stereocenters. The summed E-state index contributed by atoms with van der Waals surface area (Å²) in [7, 11) is 1.60.